The maximum atomic E-state index is 13.0. The van der Waals surface area contributed by atoms with E-state index >= 15 is 0 Å². The number of nitrogens with one attached hydrogen (secondary N) is 1. The van der Waals surface area contributed by atoms with Crippen LogP contribution in [0.1, 0.15) is 66.3 Å². The highest BCUT2D eigenvalue weighted by Gasteiger charge is 2.29. The van der Waals surface area contributed by atoms with Crippen LogP contribution in [0.3, 0.4) is 0 Å². The molecule has 4 rings (SSSR count). The third kappa shape index (κ3) is 3.58. The van der Waals surface area contributed by atoms with E-state index in [1.165, 1.54) is 16.1 Å². The SMILES string of the molecule is CC(C)(C)n1ncc2c1CCCC2NC(=O)c1cccn1Cc1cccs1. The monoisotopic (exact) mass is 382 g/mol. The lowest BCUT2D eigenvalue weighted by Crippen LogP contribution is -2.33. The van der Waals surface area contributed by atoms with Gasteiger partial charge in [0, 0.05) is 22.3 Å². The molecule has 1 atom stereocenters. The van der Waals surface area contributed by atoms with Crippen LogP contribution in [0, 0.1) is 0 Å². The first-order chi connectivity index (χ1) is 12.9. The fourth-order valence-corrected chi connectivity index (χ4v) is 4.55. The van der Waals surface area contributed by atoms with Gasteiger partial charge in [-0.3, -0.25) is 9.48 Å². The van der Waals surface area contributed by atoms with E-state index in [1.54, 1.807) is 11.3 Å². The molecule has 6 heteroatoms. The van der Waals surface area contributed by atoms with E-state index in [4.69, 9.17) is 0 Å². The smallest absolute Gasteiger partial charge is 0.268 e. The molecular formula is C21H26N4OS. The van der Waals surface area contributed by atoms with Crippen LogP contribution in [0.2, 0.25) is 0 Å². The Morgan fingerprint density at radius 1 is 1.33 bits per heavy atom. The van der Waals surface area contributed by atoms with Crippen molar-refractivity contribution in [2.24, 2.45) is 0 Å². The van der Waals surface area contributed by atoms with Crippen molar-refractivity contribution >= 4 is 17.2 Å². The van der Waals surface area contributed by atoms with Crippen LogP contribution in [0.25, 0.3) is 0 Å². The van der Waals surface area contributed by atoms with Gasteiger partial charge in [-0.25, -0.2) is 0 Å². The average Bonchev–Trinajstić information content (AvgIpc) is 3.35. The van der Waals surface area contributed by atoms with Crippen molar-refractivity contribution in [3.05, 3.63) is 63.9 Å². The Bertz CT molecular complexity index is 930. The van der Waals surface area contributed by atoms with Crippen LogP contribution in [0.15, 0.2) is 42.0 Å². The molecule has 0 bridgehead atoms. The van der Waals surface area contributed by atoms with E-state index in [-0.39, 0.29) is 17.5 Å². The minimum Gasteiger partial charge on any atom is -0.344 e. The number of carbonyl (C=O) groups excluding carboxylic acids is 1. The molecule has 142 valence electrons. The van der Waals surface area contributed by atoms with Gasteiger partial charge in [0.2, 0.25) is 0 Å². The van der Waals surface area contributed by atoms with E-state index < -0.39 is 0 Å². The van der Waals surface area contributed by atoms with Crippen LogP contribution < -0.4 is 5.32 Å². The van der Waals surface area contributed by atoms with Crippen LogP contribution in [0.4, 0.5) is 0 Å². The van der Waals surface area contributed by atoms with Crippen LogP contribution in [-0.2, 0) is 18.5 Å². The van der Waals surface area contributed by atoms with Gasteiger partial charge in [-0.15, -0.1) is 11.3 Å². The zero-order valence-electron chi connectivity index (χ0n) is 16.1. The molecule has 3 aromatic rings. The van der Waals surface area contributed by atoms with Crippen LogP contribution in [-0.4, -0.2) is 20.3 Å². The normalized spacial score (nSPS) is 16.9. The molecule has 5 nitrogen and oxygen atoms in total. The fourth-order valence-electron chi connectivity index (χ4n) is 3.85. The zero-order valence-corrected chi connectivity index (χ0v) is 16.9. The highest BCUT2D eigenvalue weighted by atomic mass is 32.1. The molecule has 27 heavy (non-hydrogen) atoms. The van der Waals surface area contributed by atoms with Crippen molar-refractivity contribution in [1.29, 1.82) is 0 Å². The Morgan fingerprint density at radius 3 is 2.93 bits per heavy atom. The lowest BCUT2D eigenvalue weighted by molar-refractivity contribution is 0.0923. The first kappa shape index (κ1) is 18.0. The topological polar surface area (TPSA) is 51.9 Å². The summed E-state index contributed by atoms with van der Waals surface area (Å²) >= 11 is 1.71. The van der Waals surface area contributed by atoms with E-state index in [0.717, 1.165) is 25.8 Å². The van der Waals surface area contributed by atoms with E-state index in [9.17, 15) is 4.79 Å². The summed E-state index contributed by atoms with van der Waals surface area (Å²) in [5.74, 6) is -0.0158. The van der Waals surface area contributed by atoms with Gasteiger partial charge >= 0.3 is 0 Å². The zero-order chi connectivity index (χ0) is 19.0. The molecular weight excluding hydrogens is 356 g/mol. The van der Waals surface area contributed by atoms with Gasteiger partial charge in [-0.2, -0.15) is 5.10 Å². The van der Waals surface area contributed by atoms with Crippen LogP contribution >= 0.6 is 11.3 Å². The number of nitrogens with zero attached hydrogens (tertiary/aromatic N) is 3. The molecule has 1 N–H and O–H groups in total. The summed E-state index contributed by atoms with van der Waals surface area (Å²) in [5.41, 5.74) is 3.09. The first-order valence-electron chi connectivity index (χ1n) is 9.49. The van der Waals surface area contributed by atoms with Gasteiger partial charge in [0.15, 0.2) is 0 Å². The van der Waals surface area contributed by atoms with E-state index in [0.29, 0.717) is 5.69 Å². The summed E-state index contributed by atoms with van der Waals surface area (Å²) < 4.78 is 4.13. The second-order valence-electron chi connectivity index (χ2n) is 8.15. The summed E-state index contributed by atoms with van der Waals surface area (Å²) in [6.45, 7) is 7.23. The van der Waals surface area contributed by atoms with Gasteiger partial charge in [0.1, 0.15) is 5.69 Å². The van der Waals surface area contributed by atoms with Gasteiger partial charge in [0.25, 0.3) is 5.91 Å². The van der Waals surface area contributed by atoms with Crippen molar-refractivity contribution in [1.82, 2.24) is 19.7 Å². The number of aromatic nitrogens is 3. The molecule has 3 heterocycles. The van der Waals surface area contributed by atoms with Crippen molar-refractivity contribution in [2.45, 2.75) is 58.2 Å². The lowest BCUT2D eigenvalue weighted by Gasteiger charge is -2.28. The molecule has 0 fully saturated rings. The molecule has 0 saturated carbocycles. The summed E-state index contributed by atoms with van der Waals surface area (Å²) in [4.78, 5) is 14.2. The Labute approximate surface area is 164 Å². The van der Waals surface area contributed by atoms with E-state index in [1.807, 2.05) is 35.2 Å². The standard InChI is InChI=1S/C21H26N4OS/c1-21(2,3)25-18-9-4-8-17(16(18)13-22-25)23-20(26)19-10-5-11-24(19)14-15-7-6-12-27-15/h5-7,10-13,17H,4,8-9,14H2,1-3H3,(H,23,26). The number of fused-ring (bicyclic) bond motifs is 1. The van der Waals surface area contributed by atoms with Gasteiger partial charge in [-0.1, -0.05) is 6.07 Å². The molecule has 1 aliphatic rings. The molecule has 0 saturated heterocycles. The third-order valence-corrected chi connectivity index (χ3v) is 5.95. The fraction of sp³-hybridized carbons (Fsp3) is 0.429. The van der Waals surface area contributed by atoms with Crippen molar-refractivity contribution in [2.75, 3.05) is 0 Å². The Hall–Kier alpha value is -2.34. The predicted molar refractivity (Wildman–Crippen MR) is 108 cm³/mol. The largest absolute Gasteiger partial charge is 0.344 e. The molecule has 1 amide bonds. The molecule has 0 radical (unpaired) electrons. The van der Waals surface area contributed by atoms with Gasteiger partial charge in [0.05, 0.1) is 24.3 Å². The van der Waals surface area contributed by atoms with Crippen LogP contribution in [0.5, 0.6) is 0 Å². The van der Waals surface area contributed by atoms with Crippen molar-refractivity contribution in [3.8, 4) is 0 Å². The summed E-state index contributed by atoms with van der Waals surface area (Å²) in [6, 6.07) is 8.00. The predicted octanol–water partition coefficient (Wildman–Crippen LogP) is 4.36. The van der Waals surface area contributed by atoms with E-state index in [2.05, 4.69) is 47.3 Å². The number of hydrogen-bond acceptors (Lipinski definition) is 3. The number of amides is 1. The summed E-state index contributed by atoms with van der Waals surface area (Å²) in [5, 5.41) is 9.94. The second kappa shape index (κ2) is 7.00. The maximum Gasteiger partial charge on any atom is 0.268 e. The molecule has 1 unspecified atom stereocenters. The summed E-state index contributed by atoms with van der Waals surface area (Å²) in [6.07, 6.45) is 6.96. The third-order valence-electron chi connectivity index (χ3n) is 5.09. The van der Waals surface area contributed by atoms with Gasteiger partial charge < -0.3 is 9.88 Å². The minimum absolute atomic E-state index is 0.0158. The number of thiophene rings is 1. The minimum atomic E-state index is -0.0467. The number of carbonyl (C=O) groups is 1. The average molecular weight is 383 g/mol. The second-order valence-corrected chi connectivity index (χ2v) is 9.18. The quantitative estimate of drug-likeness (QED) is 0.729. The molecule has 3 aromatic heterocycles. The Balaban J connectivity index is 1.54. The van der Waals surface area contributed by atoms with Crippen molar-refractivity contribution < 1.29 is 4.79 Å². The lowest BCUT2D eigenvalue weighted by atomic mass is 9.92. The number of hydrogen-bond donors (Lipinski definition) is 1. The van der Waals surface area contributed by atoms with Gasteiger partial charge in [-0.05, 0) is 63.6 Å². The van der Waals surface area contributed by atoms with Crippen molar-refractivity contribution in [3.63, 3.8) is 0 Å². The Morgan fingerprint density at radius 2 is 2.19 bits per heavy atom. The molecule has 0 aliphatic heterocycles. The Kier molecular flexibility index (Phi) is 4.68. The molecule has 1 aliphatic carbocycles. The maximum absolute atomic E-state index is 13.0. The molecule has 0 spiro atoms. The summed E-state index contributed by atoms with van der Waals surface area (Å²) in [7, 11) is 0. The molecule has 0 aromatic carbocycles. The highest BCUT2D eigenvalue weighted by Crippen LogP contribution is 2.32. The highest BCUT2D eigenvalue weighted by molar-refractivity contribution is 7.09. The number of rotatable bonds is 4. The first-order valence-corrected chi connectivity index (χ1v) is 10.4.